The lowest BCUT2D eigenvalue weighted by Crippen LogP contribution is -2.49. The monoisotopic (exact) mass is 337 g/mol. The first-order chi connectivity index (χ1) is 9.72. The maximum Gasteiger partial charge on any atom is 0.0693 e. The zero-order valence-corrected chi connectivity index (χ0v) is 13.5. The average molecular weight is 338 g/mol. The Morgan fingerprint density at radius 3 is 2.45 bits per heavy atom. The molecule has 3 heteroatoms. The molecule has 2 unspecified atom stereocenters. The zero-order chi connectivity index (χ0) is 13.9. The van der Waals surface area contributed by atoms with Gasteiger partial charge in [-0.25, -0.2) is 0 Å². The predicted octanol–water partition coefficient (Wildman–Crippen LogP) is 3.98. The summed E-state index contributed by atoms with van der Waals surface area (Å²) in [6.07, 6.45) is 8.13. The summed E-state index contributed by atoms with van der Waals surface area (Å²) in [6, 6.07) is 9.64. The molecule has 0 aliphatic heterocycles. The molecule has 0 bridgehead atoms. The van der Waals surface area contributed by atoms with Crippen LogP contribution in [-0.2, 0) is 0 Å². The molecular formula is C17H24BrNO. The molecule has 2 nitrogen and oxygen atoms in total. The van der Waals surface area contributed by atoms with E-state index >= 15 is 0 Å². The third kappa shape index (κ3) is 3.44. The number of hydrogen-bond acceptors (Lipinski definition) is 2. The molecular weight excluding hydrogens is 314 g/mol. The number of benzene rings is 1. The van der Waals surface area contributed by atoms with Crippen molar-refractivity contribution in [3.8, 4) is 0 Å². The molecule has 2 aliphatic rings. The van der Waals surface area contributed by atoms with Crippen LogP contribution < -0.4 is 5.32 Å². The van der Waals surface area contributed by atoms with Crippen molar-refractivity contribution in [2.45, 2.75) is 69.1 Å². The summed E-state index contributed by atoms with van der Waals surface area (Å²) in [5.41, 5.74) is 1.45. The van der Waals surface area contributed by atoms with Gasteiger partial charge in [0.25, 0.3) is 0 Å². The largest absolute Gasteiger partial charge is 0.392 e. The predicted molar refractivity (Wildman–Crippen MR) is 85.9 cm³/mol. The number of halogens is 1. The summed E-state index contributed by atoms with van der Waals surface area (Å²) in [5, 5.41) is 13.9. The van der Waals surface area contributed by atoms with Crippen LogP contribution in [0.3, 0.4) is 0 Å². The third-order valence-corrected chi connectivity index (χ3v) is 5.44. The van der Waals surface area contributed by atoms with E-state index in [1.54, 1.807) is 0 Å². The molecule has 0 radical (unpaired) electrons. The molecule has 1 aromatic rings. The third-order valence-electron chi connectivity index (χ3n) is 4.91. The van der Waals surface area contributed by atoms with E-state index in [1.807, 2.05) is 0 Å². The maximum atomic E-state index is 10.2. The van der Waals surface area contributed by atoms with Crippen LogP contribution in [0.2, 0.25) is 0 Å². The fraction of sp³-hybridized carbons (Fsp3) is 0.647. The van der Waals surface area contributed by atoms with E-state index in [0.717, 1.165) is 17.3 Å². The molecule has 0 amide bonds. The Hall–Kier alpha value is -0.380. The quantitative estimate of drug-likeness (QED) is 0.817. The van der Waals surface area contributed by atoms with Crippen molar-refractivity contribution in [2.24, 2.45) is 0 Å². The van der Waals surface area contributed by atoms with E-state index in [2.05, 4.69) is 45.5 Å². The van der Waals surface area contributed by atoms with Crippen molar-refractivity contribution < 1.29 is 5.11 Å². The second-order valence-electron chi connectivity index (χ2n) is 6.40. The van der Waals surface area contributed by atoms with Gasteiger partial charge in [0.15, 0.2) is 0 Å². The smallest absolute Gasteiger partial charge is 0.0693 e. The minimum Gasteiger partial charge on any atom is -0.392 e. The Morgan fingerprint density at radius 1 is 1.00 bits per heavy atom. The van der Waals surface area contributed by atoms with Gasteiger partial charge in [-0.3, -0.25) is 0 Å². The molecule has 0 saturated heterocycles. The summed E-state index contributed by atoms with van der Waals surface area (Å²) in [5.74, 6) is 0.698. The standard InChI is InChI=1S/C17H24BrNO/c18-14-8-6-12(7-9-14)13-10-15(11-13)19-16-4-2-1-3-5-17(16)20/h6-9,13,15-17,19-20H,1-5,10-11H2. The maximum absolute atomic E-state index is 10.2. The van der Waals surface area contributed by atoms with Gasteiger partial charge in [-0.2, -0.15) is 0 Å². The normalized spacial score (nSPS) is 34.3. The van der Waals surface area contributed by atoms with E-state index in [9.17, 15) is 5.11 Å². The van der Waals surface area contributed by atoms with Crippen LogP contribution in [0.5, 0.6) is 0 Å². The topological polar surface area (TPSA) is 32.3 Å². The van der Waals surface area contributed by atoms with E-state index in [1.165, 1.54) is 37.7 Å². The number of rotatable bonds is 3. The van der Waals surface area contributed by atoms with Gasteiger partial charge in [-0.15, -0.1) is 0 Å². The van der Waals surface area contributed by atoms with E-state index < -0.39 is 0 Å². The molecule has 0 heterocycles. The molecule has 0 spiro atoms. The van der Waals surface area contributed by atoms with Crippen LogP contribution in [-0.4, -0.2) is 23.3 Å². The van der Waals surface area contributed by atoms with Crippen LogP contribution in [0, 0.1) is 0 Å². The first kappa shape index (κ1) is 14.6. The molecule has 110 valence electrons. The van der Waals surface area contributed by atoms with Crippen molar-refractivity contribution in [1.82, 2.24) is 5.32 Å². The molecule has 0 aromatic heterocycles. The summed E-state index contributed by atoms with van der Waals surface area (Å²) in [4.78, 5) is 0. The highest BCUT2D eigenvalue weighted by Gasteiger charge is 2.33. The first-order valence-electron chi connectivity index (χ1n) is 7.92. The van der Waals surface area contributed by atoms with Crippen molar-refractivity contribution in [2.75, 3.05) is 0 Å². The minimum atomic E-state index is -0.135. The second kappa shape index (κ2) is 6.59. The number of hydrogen-bond donors (Lipinski definition) is 2. The lowest BCUT2D eigenvalue weighted by Gasteiger charge is -2.39. The van der Waals surface area contributed by atoms with Crippen molar-refractivity contribution >= 4 is 15.9 Å². The van der Waals surface area contributed by atoms with Gasteiger partial charge in [0.2, 0.25) is 0 Å². The van der Waals surface area contributed by atoms with Crippen molar-refractivity contribution in [1.29, 1.82) is 0 Å². The molecule has 2 fully saturated rings. The average Bonchev–Trinajstić information content (AvgIpc) is 2.60. The van der Waals surface area contributed by atoms with Crippen LogP contribution >= 0.6 is 15.9 Å². The fourth-order valence-corrected chi connectivity index (χ4v) is 3.81. The van der Waals surface area contributed by atoms with Gasteiger partial charge < -0.3 is 10.4 Å². The molecule has 2 N–H and O–H groups in total. The van der Waals surface area contributed by atoms with Crippen LogP contribution in [0.25, 0.3) is 0 Å². The fourth-order valence-electron chi connectivity index (χ4n) is 3.55. The highest BCUT2D eigenvalue weighted by molar-refractivity contribution is 9.10. The highest BCUT2D eigenvalue weighted by atomic mass is 79.9. The summed E-state index contributed by atoms with van der Waals surface area (Å²) < 4.78 is 1.15. The Bertz CT molecular complexity index is 427. The van der Waals surface area contributed by atoms with E-state index in [0.29, 0.717) is 18.0 Å². The van der Waals surface area contributed by atoms with Gasteiger partial charge in [0.1, 0.15) is 0 Å². The molecule has 3 rings (SSSR count). The van der Waals surface area contributed by atoms with Gasteiger partial charge >= 0.3 is 0 Å². The van der Waals surface area contributed by atoms with Crippen molar-refractivity contribution in [3.05, 3.63) is 34.3 Å². The molecule has 2 atom stereocenters. The van der Waals surface area contributed by atoms with Crippen molar-refractivity contribution in [3.63, 3.8) is 0 Å². The number of aliphatic hydroxyl groups excluding tert-OH is 1. The molecule has 20 heavy (non-hydrogen) atoms. The second-order valence-corrected chi connectivity index (χ2v) is 7.31. The molecule has 2 aliphatic carbocycles. The van der Waals surface area contributed by atoms with E-state index in [4.69, 9.17) is 0 Å². The van der Waals surface area contributed by atoms with Gasteiger partial charge in [-0.1, -0.05) is 47.3 Å². The summed E-state index contributed by atoms with van der Waals surface area (Å²) in [6.45, 7) is 0. The van der Waals surface area contributed by atoms with Gasteiger partial charge in [0.05, 0.1) is 6.10 Å². The SMILES string of the molecule is OC1CCCCCC1NC1CC(c2ccc(Br)cc2)C1. The van der Waals surface area contributed by atoms with Gasteiger partial charge in [-0.05, 0) is 49.3 Å². The summed E-state index contributed by atoms with van der Waals surface area (Å²) in [7, 11) is 0. The number of aliphatic hydroxyl groups is 1. The first-order valence-corrected chi connectivity index (χ1v) is 8.71. The lowest BCUT2D eigenvalue weighted by atomic mass is 9.75. The lowest BCUT2D eigenvalue weighted by molar-refractivity contribution is 0.102. The van der Waals surface area contributed by atoms with Crippen LogP contribution in [0.15, 0.2) is 28.7 Å². The Morgan fingerprint density at radius 2 is 1.70 bits per heavy atom. The van der Waals surface area contributed by atoms with E-state index in [-0.39, 0.29) is 6.10 Å². The number of nitrogens with one attached hydrogen (secondary N) is 1. The molecule has 1 aromatic carbocycles. The Labute approximate surface area is 130 Å². The zero-order valence-electron chi connectivity index (χ0n) is 11.9. The van der Waals surface area contributed by atoms with Crippen LogP contribution in [0.4, 0.5) is 0 Å². The minimum absolute atomic E-state index is 0.135. The Balaban J connectivity index is 1.49. The molecule has 2 saturated carbocycles. The van der Waals surface area contributed by atoms with Gasteiger partial charge in [0, 0.05) is 16.6 Å². The summed E-state index contributed by atoms with van der Waals surface area (Å²) >= 11 is 3.49. The highest BCUT2D eigenvalue weighted by Crippen LogP contribution is 2.38. The van der Waals surface area contributed by atoms with Crippen LogP contribution in [0.1, 0.15) is 56.4 Å². The Kier molecular flexibility index (Phi) is 4.79.